The van der Waals surface area contributed by atoms with Crippen LogP contribution >= 0.6 is 0 Å². The Morgan fingerprint density at radius 3 is 2.50 bits per heavy atom. The predicted molar refractivity (Wildman–Crippen MR) is 66.7 cm³/mol. The number of amides is 2. The molecule has 0 spiro atoms. The van der Waals surface area contributed by atoms with E-state index in [2.05, 4.69) is 10.6 Å². The molecule has 2 amide bonds. The van der Waals surface area contributed by atoms with Gasteiger partial charge in [0.1, 0.15) is 12.6 Å². The van der Waals surface area contributed by atoms with Crippen LogP contribution in [0.25, 0.3) is 0 Å². The molecule has 2 atom stereocenters. The maximum absolute atomic E-state index is 11.9. The number of hydrogen-bond donors (Lipinski definition) is 2. The molecular weight excluding hydrogens is 236 g/mol. The first-order valence-corrected chi connectivity index (χ1v) is 5.98. The second kappa shape index (κ2) is 8.49. The van der Waals surface area contributed by atoms with E-state index < -0.39 is 30.7 Å². The maximum Gasteiger partial charge on any atom is 0.325 e. The van der Waals surface area contributed by atoms with Crippen LogP contribution in [0.5, 0.6) is 0 Å². The minimum Gasteiger partial charge on any atom is -0.465 e. The number of carbonyl (C=O) groups excluding carboxylic acids is 3. The molecule has 0 saturated carbocycles. The molecular formula is C12H22N2O4. The fraction of sp³-hybridized carbons (Fsp3) is 0.750. The average Bonchev–Trinajstić information content (AvgIpc) is 2.41. The lowest BCUT2D eigenvalue weighted by Crippen LogP contribution is -2.50. The third-order valence-corrected chi connectivity index (χ3v) is 2.52. The van der Waals surface area contributed by atoms with Crippen LogP contribution in [-0.2, 0) is 19.1 Å². The third-order valence-electron chi connectivity index (χ3n) is 2.52. The smallest absolute Gasteiger partial charge is 0.325 e. The molecule has 0 aliphatic carbocycles. The largest absolute Gasteiger partial charge is 0.465 e. The highest BCUT2D eigenvalue weighted by molar-refractivity contribution is 5.89. The Kier molecular flexibility index (Phi) is 6.83. The zero-order valence-electron chi connectivity index (χ0n) is 12.1. The van der Waals surface area contributed by atoms with Crippen molar-refractivity contribution in [3.05, 3.63) is 0 Å². The zero-order chi connectivity index (χ0) is 14.8. The lowest BCUT2D eigenvalue weighted by Gasteiger charge is -2.22. The fourth-order valence-electron chi connectivity index (χ4n) is 1.36. The third kappa shape index (κ3) is 6.22. The summed E-state index contributed by atoms with van der Waals surface area (Å²) < 4.78 is 11.6. The predicted octanol–water partition coefficient (Wildman–Crippen LogP) is 0.216. The Labute approximate surface area is 109 Å². The highest BCUT2D eigenvalue weighted by Gasteiger charge is 2.24. The molecule has 2 N–H and O–H groups in total. The van der Waals surface area contributed by atoms with Gasteiger partial charge in [-0.15, -0.1) is 0 Å². The van der Waals surface area contributed by atoms with E-state index in [1.54, 1.807) is 6.92 Å². The second-order valence-electron chi connectivity index (χ2n) is 3.95. The molecule has 6 heteroatoms. The van der Waals surface area contributed by atoms with Crippen molar-refractivity contribution in [2.75, 3.05) is 13.2 Å². The number of nitrogens with one attached hydrogen (secondary N) is 2. The van der Waals surface area contributed by atoms with E-state index in [-0.39, 0.29) is 19.1 Å². The Morgan fingerprint density at radius 2 is 2.00 bits per heavy atom. The van der Waals surface area contributed by atoms with Crippen LogP contribution in [0.15, 0.2) is 0 Å². The van der Waals surface area contributed by atoms with Crippen molar-refractivity contribution in [1.82, 2.24) is 10.6 Å². The number of rotatable bonds is 7. The van der Waals surface area contributed by atoms with Gasteiger partial charge in [-0.1, -0.05) is 20.3 Å². The van der Waals surface area contributed by atoms with Crippen molar-refractivity contribution in [3.63, 3.8) is 0 Å². The van der Waals surface area contributed by atoms with Crippen molar-refractivity contribution in [1.29, 1.82) is 0 Å². The van der Waals surface area contributed by atoms with Gasteiger partial charge in [0.15, 0.2) is 0 Å². The molecule has 104 valence electrons. The van der Waals surface area contributed by atoms with Crippen molar-refractivity contribution in [2.45, 2.75) is 40.1 Å². The molecule has 0 unspecified atom stereocenters. The first-order chi connectivity index (χ1) is 8.96. The molecule has 0 aliphatic heterocycles. The number of carbonyl (C=O) groups is 3. The van der Waals surface area contributed by atoms with E-state index in [4.69, 9.17) is 6.11 Å². The summed E-state index contributed by atoms with van der Waals surface area (Å²) in [6, 6.07) is -0.739. The van der Waals surface area contributed by atoms with Crippen LogP contribution in [0.2, 0.25) is 0 Å². The first kappa shape index (κ1) is 14.5. The molecule has 0 heterocycles. The fourth-order valence-corrected chi connectivity index (χ4v) is 1.36. The van der Waals surface area contributed by atoms with E-state index in [9.17, 15) is 14.4 Å². The summed E-state index contributed by atoms with van der Waals surface area (Å²) in [6.07, 6.45) is 0.690. The Balaban J connectivity index is 4.46. The minimum atomic E-state index is -0.739. The van der Waals surface area contributed by atoms with Crippen LogP contribution in [0.1, 0.15) is 35.5 Å². The van der Waals surface area contributed by atoms with E-state index in [0.717, 1.165) is 0 Å². The number of esters is 1. The lowest BCUT2D eigenvalue weighted by molar-refractivity contribution is -0.143. The van der Waals surface area contributed by atoms with Gasteiger partial charge in [0, 0.05) is 8.27 Å². The van der Waals surface area contributed by atoms with Gasteiger partial charge in [-0.05, 0) is 12.8 Å². The van der Waals surface area contributed by atoms with Gasteiger partial charge in [0.2, 0.25) is 11.8 Å². The van der Waals surface area contributed by atoms with Crippen molar-refractivity contribution in [3.8, 4) is 0 Å². The lowest BCUT2D eigenvalue weighted by atomic mass is 9.98. The average molecular weight is 259 g/mol. The summed E-state index contributed by atoms with van der Waals surface area (Å²) in [6.45, 7) is 4.98. The molecule has 0 rings (SSSR count). The van der Waals surface area contributed by atoms with E-state index in [1.165, 1.54) is 0 Å². The number of hydrogen-bond acceptors (Lipinski definition) is 4. The summed E-state index contributed by atoms with van der Waals surface area (Å²) in [5.41, 5.74) is 0. The van der Waals surface area contributed by atoms with Crippen LogP contribution in [0.3, 0.4) is 0 Å². The monoisotopic (exact) mass is 259 g/mol. The Hall–Kier alpha value is -1.59. The molecule has 0 aromatic carbocycles. The molecule has 0 aromatic heterocycles. The maximum atomic E-state index is 11.9. The molecule has 0 fully saturated rings. The summed E-state index contributed by atoms with van der Waals surface area (Å²) in [5, 5.41) is 4.90. The highest BCUT2D eigenvalue weighted by atomic mass is 16.5. The zero-order valence-corrected chi connectivity index (χ0v) is 11.1. The molecule has 18 heavy (non-hydrogen) atoms. The van der Waals surface area contributed by atoms with E-state index in [0.29, 0.717) is 6.42 Å². The summed E-state index contributed by atoms with van der Waals surface area (Å²) in [7, 11) is 0. The highest BCUT2D eigenvalue weighted by Crippen LogP contribution is 2.07. The number of ether oxygens (including phenoxy) is 1. The van der Waals surface area contributed by atoms with Gasteiger partial charge in [-0.25, -0.2) is 0 Å². The van der Waals surface area contributed by atoms with Crippen molar-refractivity contribution >= 4 is 17.8 Å². The topological polar surface area (TPSA) is 84.5 Å². The van der Waals surface area contributed by atoms with Gasteiger partial charge in [0.25, 0.3) is 0 Å². The van der Waals surface area contributed by atoms with Gasteiger partial charge in [-0.2, -0.15) is 0 Å². The molecule has 0 aromatic rings. The molecule has 0 saturated heterocycles. The normalized spacial score (nSPS) is 14.1. The van der Waals surface area contributed by atoms with Gasteiger partial charge in [-0.3, -0.25) is 14.4 Å². The molecule has 6 nitrogen and oxygen atoms in total. The van der Waals surface area contributed by atoms with Crippen LogP contribution in [0, 0.1) is 5.92 Å². The first-order valence-electron chi connectivity index (χ1n) is 6.68. The van der Waals surface area contributed by atoms with Crippen LogP contribution in [-0.4, -0.2) is 37.0 Å². The second-order valence-corrected chi connectivity index (χ2v) is 3.95. The minimum absolute atomic E-state index is 0.0855. The quantitative estimate of drug-likeness (QED) is 0.640. The van der Waals surface area contributed by atoms with E-state index >= 15 is 0 Å². The van der Waals surface area contributed by atoms with Crippen molar-refractivity contribution in [2.24, 2.45) is 5.92 Å². The summed E-state index contributed by atoms with van der Waals surface area (Å²) >= 11 is 0. The Morgan fingerprint density at radius 1 is 1.33 bits per heavy atom. The standard InChI is InChI=1S/C12H22N2O4/c1-5-8(3)11(14-9(4)15)12(17)13-7-10(16)18-6-2/h8,11H,5-7H2,1-4H3,(H,13,17)(H,14,15)/t8-,11+/m1/s1/i4D. The summed E-state index contributed by atoms with van der Waals surface area (Å²) in [5.74, 6) is -1.57. The van der Waals surface area contributed by atoms with Gasteiger partial charge >= 0.3 is 5.97 Å². The van der Waals surface area contributed by atoms with E-state index in [1.807, 2.05) is 13.8 Å². The SMILES string of the molecule is [2H]CC(=O)N[C@H](C(=O)NCC(=O)OCC)[C@H](C)CC. The molecule has 0 bridgehead atoms. The van der Waals surface area contributed by atoms with Gasteiger partial charge in [0.05, 0.1) is 6.61 Å². The van der Waals surface area contributed by atoms with Crippen molar-refractivity contribution < 1.29 is 20.5 Å². The van der Waals surface area contributed by atoms with Crippen LogP contribution in [0.4, 0.5) is 0 Å². The van der Waals surface area contributed by atoms with Crippen LogP contribution < -0.4 is 10.6 Å². The molecule has 0 radical (unpaired) electrons. The summed E-state index contributed by atoms with van der Waals surface area (Å²) in [4.78, 5) is 34.3. The Bertz CT molecular complexity index is 323. The molecule has 0 aliphatic rings. The van der Waals surface area contributed by atoms with Gasteiger partial charge < -0.3 is 15.4 Å².